The van der Waals surface area contributed by atoms with Crippen molar-refractivity contribution in [1.82, 2.24) is 10.3 Å². The summed E-state index contributed by atoms with van der Waals surface area (Å²) in [4.78, 5) is 7.11. The smallest absolute Gasteiger partial charge is 0.129 e. The van der Waals surface area contributed by atoms with E-state index < -0.39 is 0 Å². The van der Waals surface area contributed by atoms with Crippen molar-refractivity contribution in [1.29, 1.82) is 0 Å². The van der Waals surface area contributed by atoms with Crippen molar-refractivity contribution < 1.29 is 0 Å². The maximum atomic E-state index is 4.69. The molecule has 3 nitrogen and oxygen atoms in total. The summed E-state index contributed by atoms with van der Waals surface area (Å²) in [5.41, 5.74) is 2.42. The van der Waals surface area contributed by atoms with Gasteiger partial charge >= 0.3 is 0 Å². The van der Waals surface area contributed by atoms with Crippen LogP contribution in [0.15, 0.2) is 12.1 Å². The van der Waals surface area contributed by atoms with E-state index in [2.05, 4.69) is 54.9 Å². The predicted octanol–water partition coefficient (Wildman–Crippen LogP) is 2.44. The highest BCUT2D eigenvalue weighted by atomic mass is 32.2. The molecule has 1 aromatic heterocycles. The zero-order chi connectivity index (χ0) is 13.2. The van der Waals surface area contributed by atoms with Gasteiger partial charge < -0.3 is 10.2 Å². The quantitative estimate of drug-likeness (QED) is 0.908. The highest BCUT2D eigenvalue weighted by Gasteiger charge is 2.27. The van der Waals surface area contributed by atoms with Crippen molar-refractivity contribution in [3.63, 3.8) is 0 Å². The fourth-order valence-corrected chi connectivity index (χ4v) is 3.51. The molecule has 0 spiro atoms. The average Bonchev–Trinajstić information content (AvgIpc) is 2.27. The minimum atomic E-state index is 0.326. The van der Waals surface area contributed by atoms with E-state index in [1.54, 1.807) is 0 Å². The molecule has 0 aromatic carbocycles. The molecule has 0 saturated carbocycles. The summed E-state index contributed by atoms with van der Waals surface area (Å²) in [5, 5.41) is 3.21. The van der Waals surface area contributed by atoms with Crippen molar-refractivity contribution >= 4 is 17.6 Å². The Kier molecular flexibility index (Phi) is 4.17. The van der Waals surface area contributed by atoms with Crippen molar-refractivity contribution in [2.24, 2.45) is 0 Å². The molecule has 1 fully saturated rings. The Morgan fingerprint density at radius 2 is 2.22 bits per heavy atom. The molecule has 100 valence electrons. The lowest BCUT2D eigenvalue weighted by Gasteiger charge is -2.38. The van der Waals surface area contributed by atoms with Crippen LogP contribution >= 0.6 is 11.8 Å². The van der Waals surface area contributed by atoms with Gasteiger partial charge in [0.25, 0.3) is 0 Å². The number of aromatic nitrogens is 1. The third-order valence-electron chi connectivity index (χ3n) is 3.13. The van der Waals surface area contributed by atoms with Crippen LogP contribution in [0, 0.1) is 6.92 Å². The number of pyridine rings is 1. The van der Waals surface area contributed by atoms with Crippen LogP contribution in [0.25, 0.3) is 0 Å². The van der Waals surface area contributed by atoms with Gasteiger partial charge in [-0.05, 0) is 45.5 Å². The second kappa shape index (κ2) is 5.49. The van der Waals surface area contributed by atoms with E-state index in [0.717, 1.165) is 31.1 Å². The van der Waals surface area contributed by atoms with Gasteiger partial charge in [-0.1, -0.05) is 0 Å². The van der Waals surface area contributed by atoms with Gasteiger partial charge in [0.05, 0.1) is 0 Å². The summed E-state index contributed by atoms with van der Waals surface area (Å²) in [7, 11) is 1.98. The summed E-state index contributed by atoms with van der Waals surface area (Å²) in [5.74, 6) is 2.32. The Labute approximate surface area is 114 Å². The van der Waals surface area contributed by atoms with E-state index in [-0.39, 0.29) is 0 Å². The van der Waals surface area contributed by atoms with Gasteiger partial charge in [-0.15, -0.1) is 0 Å². The fraction of sp³-hybridized carbons (Fsp3) is 0.643. The third-order valence-corrected chi connectivity index (χ3v) is 4.43. The summed E-state index contributed by atoms with van der Waals surface area (Å²) < 4.78 is 0.326. The monoisotopic (exact) mass is 265 g/mol. The van der Waals surface area contributed by atoms with E-state index >= 15 is 0 Å². The molecule has 1 aliphatic heterocycles. The molecule has 0 amide bonds. The molecule has 1 aromatic rings. The zero-order valence-corrected chi connectivity index (χ0v) is 12.6. The lowest BCUT2D eigenvalue weighted by molar-refractivity contribution is 0.641. The Morgan fingerprint density at radius 1 is 1.44 bits per heavy atom. The van der Waals surface area contributed by atoms with Crippen LogP contribution in [0.3, 0.4) is 0 Å². The number of rotatable bonds is 3. The highest BCUT2D eigenvalue weighted by Crippen LogP contribution is 2.31. The van der Waals surface area contributed by atoms with Gasteiger partial charge in [0.1, 0.15) is 5.82 Å². The van der Waals surface area contributed by atoms with Crippen LogP contribution in [0.1, 0.15) is 25.1 Å². The Morgan fingerprint density at radius 3 is 2.89 bits per heavy atom. The van der Waals surface area contributed by atoms with E-state index in [4.69, 9.17) is 4.98 Å². The number of aryl methyl sites for hydroxylation is 1. The molecule has 2 rings (SSSR count). The molecule has 18 heavy (non-hydrogen) atoms. The summed E-state index contributed by atoms with van der Waals surface area (Å²) in [6, 6.07) is 4.37. The minimum Gasteiger partial charge on any atom is -0.354 e. The number of hydrogen-bond donors (Lipinski definition) is 1. The first-order valence-electron chi connectivity index (χ1n) is 6.51. The van der Waals surface area contributed by atoms with Gasteiger partial charge in [-0.3, -0.25) is 0 Å². The van der Waals surface area contributed by atoms with Gasteiger partial charge in [0.2, 0.25) is 0 Å². The Hall–Kier alpha value is -0.740. The number of anilines is 1. The number of nitrogens with zero attached hydrogens (tertiary/aromatic N) is 2. The predicted molar refractivity (Wildman–Crippen MR) is 80.5 cm³/mol. The Bertz CT molecular complexity index is 418. The first-order chi connectivity index (χ1) is 8.50. The standard InChI is InChI=1S/C14H23N3S/c1-11-7-12(9-15-4)8-13(16-11)17-5-6-18-14(2,3)10-17/h7-8,15H,5-6,9-10H2,1-4H3. The highest BCUT2D eigenvalue weighted by molar-refractivity contribution is 8.00. The van der Waals surface area contributed by atoms with Crippen molar-refractivity contribution in [2.75, 3.05) is 30.8 Å². The van der Waals surface area contributed by atoms with E-state index in [1.807, 2.05) is 7.05 Å². The van der Waals surface area contributed by atoms with E-state index in [1.165, 1.54) is 11.3 Å². The van der Waals surface area contributed by atoms with Crippen LogP contribution in [0.5, 0.6) is 0 Å². The summed E-state index contributed by atoms with van der Waals surface area (Å²) in [6.45, 7) is 9.79. The van der Waals surface area contributed by atoms with E-state index in [9.17, 15) is 0 Å². The van der Waals surface area contributed by atoms with Crippen LogP contribution in [-0.4, -0.2) is 35.6 Å². The topological polar surface area (TPSA) is 28.2 Å². The summed E-state index contributed by atoms with van der Waals surface area (Å²) >= 11 is 2.06. The van der Waals surface area contributed by atoms with Gasteiger partial charge in [0, 0.05) is 35.8 Å². The van der Waals surface area contributed by atoms with Gasteiger partial charge in [-0.25, -0.2) is 4.98 Å². The minimum absolute atomic E-state index is 0.326. The molecule has 0 aliphatic carbocycles. The molecular formula is C14H23N3S. The average molecular weight is 265 g/mol. The number of hydrogen-bond acceptors (Lipinski definition) is 4. The van der Waals surface area contributed by atoms with Gasteiger partial charge in [0.15, 0.2) is 0 Å². The normalized spacial score (nSPS) is 19.0. The lowest BCUT2D eigenvalue weighted by atomic mass is 10.1. The van der Waals surface area contributed by atoms with Crippen molar-refractivity contribution in [3.8, 4) is 0 Å². The third kappa shape index (κ3) is 3.39. The van der Waals surface area contributed by atoms with Crippen LogP contribution in [0.2, 0.25) is 0 Å². The molecule has 4 heteroatoms. The molecular weight excluding hydrogens is 242 g/mol. The van der Waals surface area contributed by atoms with Crippen LogP contribution in [-0.2, 0) is 6.54 Å². The molecule has 0 atom stereocenters. The Balaban J connectivity index is 2.21. The van der Waals surface area contributed by atoms with Crippen molar-refractivity contribution in [2.45, 2.75) is 32.1 Å². The van der Waals surface area contributed by atoms with Crippen LogP contribution in [0.4, 0.5) is 5.82 Å². The molecule has 1 N–H and O–H groups in total. The second-order valence-electron chi connectivity index (χ2n) is 5.54. The first kappa shape index (κ1) is 13.7. The largest absolute Gasteiger partial charge is 0.354 e. The van der Waals surface area contributed by atoms with Crippen molar-refractivity contribution in [3.05, 3.63) is 23.4 Å². The second-order valence-corrected chi connectivity index (χ2v) is 7.34. The maximum absolute atomic E-state index is 4.69. The summed E-state index contributed by atoms with van der Waals surface area (Å²) in [6.07, 6.45) is 0. The maximum Gasteiger partial charge on any atom is 0.129 e. The molecule has 2 heterocycles. The number of thioether (sulfide) groups is 1. The first-order valence-corrected chi connectivity index (χ1v) is 7.50. The molecule has 0 radical (unpaired) electrons. The zero-order valence-electron chi connectivity index (χ0n) is 11.8. The van der Waals surface area contributed by atoms with Crippen LogP contribution < -0.4 is 10.2 Å². The number of nitrogens with one attached hydrogen (secondary N) is 1. The molecule has 1 aliphatic rings. The molecule has 0 unspecified atom stereocenters. The molecule has 0 bridgehead atoms. The fourth-order valence-electron chi connectivity index (χ4n) is 2.40. The lowest BCUT2D eigenvalue weighted by Crippen LogP contribution is -2.43. The van der Waals surface area contributed by atoms with Gasteiger partial charge in [-0.2, -0.15) is 11.8 Å². The molecule has 1 saturated heterocycles. The van der Waals surface area contributed by atoms with E-state index in [0.29, 0.717) is 4.75 Å². The SMILES string of the molecule is CNCc1cc(C)nc(N2CCSC(C)(C)C2)c1.